The minimum Gasteiger partial charge on any atom is -0.465 e. The van der Waals surface area contributed by atoms with Crippen LogP contribution in [-0.4, -0.2) is 33.4 Å². The van der Waals surface area contributed by atoms with Crippen LogP contribution in [0.2, 0.25) is 0 Å². The van der Waals surface area contributed by atoms with E-state index < -0.39 is 27.9 Å². The number of esters is 1. The molecule has 0 aliphatic rings. The maximum Gasteiger partial charge on any atom is 0.339 e. The Balaban J connectivity index is 2.13. The summed E-state index contributed by atoms with van der Waals surface area (Å²) in [5.74, 6) is -1.22. The first-order valence-corrected chi connectivity index (χ1v) is 9.78. The number of carbonyl (C=O) groups excluding carboxylic acids is 2. The molecular weight excluding hydrogens is 424 g/mol. The molecule has 0 radical (unpaired) electrons. The maximum absolute atomic E-state index is 12.4. The van der Waals surface area contributed by atoms with E-state index in [2.05, 4.69) is 30.7 Å². The van der Waals surface area contributed by atoms with Crippen molar-refractivity contribution in [3.63, 3.8) is 0 Å². The summed E-state index contributed by atoms with van der Waals surface area (Å²) in [6.45, 7) is 1.41. The topological polar surface area (TPSA) is 102 Å². The standard InChI is InChI=1S/C17H17BrN2O5S/c1-11(20-26(23,24)13-9-7-12(18)8-10-13)16(21)19-15-6-4-3-5-14(15)17(22)25-2/h3-11,20H,1-2H3,(H,19,21)/t11-/m0/s1. The second-order valence-corrected chi connectivity index (χ2v) is 7.95. The number of carbonyl (C=O) groups is 2. The number of rotatable bonds is 6. The van der Waals surface area contributed by atoms with E-state index in [0.717, 1.165) is 4.47 Å². The molecule has 0 saturated carbocycles. The largest absolute Gasteiger partial charge is 0.465 e. The molecule has 0 heterocycles. The van der Waals surface area contributed by atoms with Gasteiger partial charge in [0.2, 0.25) is 15.9 Å². The number of hydrogen-bond donors (Lipinski definition) is 2. The Labute approximate surface area is 159 Å². The molecule has 0 aromatic heterocycles. The van der Waals surface area contributed by atoms with Gasteiger partial charge in [-0.25, -0.2) is 13.2 Å². The van der Waals surface area contributed by atoms with Gasteiger partial charge in [0.05, 0.1) is 29.3 Å². The van der Waals surface area contributed by atoms with Crippen molar-refractivity contribution in [2.75, 3.05) is 12.4 Å². The number of benzene rings is 2. The van der Waals surface area contributed by atoms with E-state index in [9.17, 15) is 18.0 Å². The van der Waals surface area contributed by atoms with Gasteiger partial charge in [-0.2, -0.15) is 4.72 Å². The molecule has 1 atom stereocenters. The van der Waals surface area contributed by atoms with Crippen molar-refractivity contribution >= 4 is 43.5 Å². The molecule has 9 heteroatoms. The first-order valence-electron chi connectivity index (χ1n) is 7.50. The van der Waals surface area contributed by atoms with Crippen LogP contribution in [0.25, 0.3) is 0 Å². The highest BCUT2D eigenvalue weighted by molar-refractivity contribution is 9.10. The molecule has 0 unspecified atom stereocenters. The summed E-state index contributed by atoms with van der Waals surface area (Å²) >= 11 is 3.23. The van der Waals surface area contributed by atoms with Crippen molar-refractivity contribution in [2.45, 2.75) is 17.9 Å². The predicted octanol–water partition coefficient (Wildman–Crippen LogP) is 2.54. The van der Waals surface area contributed by atoms with Crippen LogP contribution in [0, 0.1) is 0 Å². The van der Waals surface area contributed by atoms with Crippen LogP contribution in [0.1, 0.15) is 17.3 Å². The van der Waals surface area contributed by atoms with E-state index in [-0.39, 0.29) is 16.1 Å². The SMILES string of the molecule is COC(=O)c1ccccc1NC(=O)[C@H](C)NS(=O)(=O)c1ccc(Br)cc1. The first-order chi connectivity index (χ1) is 12.2. The molecule has 2 rings (SSSR count). The minimum atomic E-state index is -3.87. The highest BCUT2D eigenvalue weighted by Gasteiger charge is 2.23. The lowest BCUT2D eigenvalue weighted by molar-refractivity contribution is -0.117. The van der Waals surface area contributed by atoms with Crippen LogP contribution in [0.5, 0.6) is 0 Å². The molecule has 0 aliphatic heterocycles. The summed E-state index contributed by atoms with van der Waals surface area (Å²) in [4.78, 5) is 24.1. The van der Waals surface area contributed by atoms with E-state index in [4.69, 9.17) is 0 Å². The Hall–Kier alpha value is -2.23. The highest BCUT2D eigenvalue weighted by Crippen LogP contribution is 2.17. The number of hydrogen-bond acceptors (Lipinski definition) is 5. The normalized spacial score (nSPS) is 12.3. The van der Waals surface area contributed by atoms with Crippen LogP contribution in [0.15, 0.2) is 57.9 Å². The van der Waals surface area contributed by atoms with Gasteiger partial charge in [0.25, 0.3) is 0 Å². The fraction of sp³-hybridized carbons (Fsp3) is 0.176. The molecule has 0 fully saturated rings. The van der Waals surface area contributed by atoms with Gasteiger partial charge in [0, 0.05) is 4.47 Å². The summed E-state index contributed by atoms with van der Waals surface area (Å²) in [5, 5.41) is 2.53. The molecule has 2 aromatic carbocycles. The summed E-state index contributed by atoms with van der Waals surface area (Å²) < 4.78 is 32.4. The third-order valence-electron chi connectivity index (χ3n) is 3.44. The van der Waals surface area contributed by atoms with Gasteiger partial charge >= 0.3 is 5.97 Å². The number of methoxy groups -OCH3 is 1. The Morgan fingerprint density at radius 3 is 2.31 bits per heavy atom. The van der Waals surface area contributed by atoms with Gasteiger partial charge in [-0.1, -0.05) is 28.1 Å². The Morgan fingerprint density at radius 2 is 1.69 bits per heavy atom. The molecule has 7 nitrogen and oxygen atoms in total. The van der Waals surface area contributed by atoms with Crippen molar-refractivity contribution in [2.24, 2.45) is 0 Å². The second kappa shape index (κ2) is 8.43. The van der Waals surface area contributed by atoms with Gasteiger partial charge < -0.3 is 10.1 Å². The van der Waals surface area contributed by atoms with Gasteiger partial charge in [-0.15, -0.1) is 0 Å². The predicted molar refractivity (Wildman–Crippen MR) is 100 cm³/mol. The average Bonchev–Trinajstić information content (AvgIpc) is 2.61. The van der Waals surface area contributed by atoms with Crippen molar-refractivity contribution < 1.29 is 22.7 Å². The smallest absolute Gasteiger partial charge is 0.339 e. The van der Waals surface area contributed by atoms with Crippen LogP contribution < -0.4 is 10.0 Å². The molecule has 0 saturated heterocycles. The zero-order valence-electron chi connectivity index (χ0n) is 14.0. The van der Waals surface area contributed by atoms with Crippen molar-refractivity contribution in [1.29, 1.82) is 0 Å². The van der Waals surface area contributed by atoms with Gasteiger partial charge in [-0.05, 0) is 43.3 Å². The average molecular weight is 441 g/mol. The number of sulfonamides is 1. The Morgan fingerprint density at radius 1 is 1.08 bits per heavy atom. The van der Waals surface area contributed by atoms with Crippen molar-refractivity contribution in [3.05, 3.63) is 58.6 Å². The van der Waals surface area contributed by atoms with E-state index in [1.54, 1.807) is 24.3 Å². The molecular formula is C17H17BrN2O5S. The highest BCUT2D eigenvalue weighted by atomic mass is 79.9. The number of nitrogens with one attached hydrogen (secondary N) is 2. The molecule has 138 valence electrons. The van der Waals surface area contributed by atoms with Crippen LogP contribution in [0.3, 0.4) is 0 Å². The summed E-state index contributed by atoms with van der Waals surface area (Å²) in [7, 11) is -2.64. The maximum atomic E-state index is 12.4. The zero-order chi connectivity index (χ0) is 19.3. The quantitative estimate of drug-likeness (QED) is 0.671. The van der Waals surface area contributed by atoms with Gasteiger partial charge in [-0.3, -0.25) is 4.79 Å². The Bertz CT molecular complexity index is 913. The monoisotopic (exact) mass is 440 g/mol. The lowest BCUT2D eigenvalue weighted by Crippen LogP contribution is -2.41. The van der Waals surface area contributed by atoms with Crippen molar-refractivity contribution in [3.8, 4) is 0 Å². The third kappa shape index (κ3) is 4.90. The van der Waals surface area contributed by atoms with Gasteiger partial charge in [0.1, 0.15) is 0 Å². The van der Waals surface area contributed by atoms with Crippen LogP contribution in [-0.2, 0) is 19.6 Å². The zero-order valence-corrected chi connectivity index (χ0v) is 16.4. The van der Waals surface area contributed by atoms with E-state index >= 15 is 0 Å². The lowest BCUT2D eigenvalue weighted by atomic mass is 10.1. The molecule has 0 bridgehead atoms. The summed E-state index contributed by atoms with van der Waals surface area (Å²) in [5.41, 5.74) is 0.408. The van der Waals surface area contributed by atoms with Gasteiger partial charge in [0.15, 0.2) is 0 Å². The summed E-state index contributed by atoms with van der Waals surface area (Å²) in [6.07, 6.45) is 0. The molecule has 2 N–H and O–H groups in total. The number of amides is 1. The minimum absolute atomic E-state index is 0.0373. The second-order valence-electron chi connectivity index (χ2n) is 5.32. The fourth-order valence-electron chi connectivity index (χ4n) is 2.09. The van der Waals surface area contributed by atoms with Crippen molar-refractivity contribution in [1.82, 2.24) is 4.72 Å². The van der Waals surface area contributed by atoms with E-state index in [0.29, 0.717) is 0 Å². The third-order valence-corrected chi connectivity index (χ3v) is 5.52. The molecule has 1 amide bonds. The summed E-state index contributed by atoms with van der Waals surface area (Å²) in [6, 6.07) is 11.2. The van der Waals surface area contributed by atoms with Crippen LogP contribution in [0.4, 0.5) is 5.69 Å². The molecule has 2 aromatic rings. The lowest BCUT2D eigenvalue weighted by Gasteiger charge is -2.16. The fourth-order valence-corrected chi connectivity index (χ4v) is 3.56. The Kier molecular flexibility index (Phi) is 6.52. The van der Waals surface area contributed by atoms with E-state index in [1.807, 2.05) is 0 Å². The molecule has 26 heavy (non-hydrogen) atoms. The van der Waals surface area contributed by atoms with E-state index in [1.165, 1.54) is 38.3 Å². The molecule has 0 aliphatic carbocycles. The number of anilines is 1. The molecule has 0 spiro atoms. The van der Waals surface area contributed by atoms with Crippen LogP contribution >= 0.6 is 15.9 Å². The number of ether oxygens (including phenoxy) is 1. The first kappa shape index (κ1) is 20.1. The number of para-hydroxylation sites is 1. The number of halogens is 1.